The van der Waals surface area contributed by atoms with Crippen LogP contribution in [0.5, 0.6) is 0 Å². The van der Waals surface area contributed by atoms with Crippen LogP contribution < -0.4 is 10.6 Å². The first-order valence-electron chi connectivity index (χ1n) is 6.54. The molecule has 102 valence electrons. The van der Waals surface area contributed by atoms with Gasteiger partial charge in [0.2, 0.25) is 0 Å². The summed E-state index contributed by atoms with van der Waals surface area (Å²) >= 11 is 1.64. The minimum absolute atomic E-state index is 0.754. The molecule has 0 aliphatic heterocycles. The summed E-state index contributed by atoms with van der Waals surface area (Å²) in [5, 5.41) is 6.67. The number of rotatable bonds is 7. The van der Waals surface area contributed by atoms with Crippen LogP contribution in [0.25, 0.3) is 0 Å². The smallest absolute Gasteiger partial charge is 0.135 e. The second-order valence-corrected chi connectivity index (χ2v) is 5.12. The lowest BCUT2D eigenvalue weighted by Crippen LogP contribution is -2.09. The Morgan fingerprint density at radius 3 is 2.58 bits per heavy atom. The molecule has 0 unspecified atom stereocenters. The fourth-order valence-corrected chi connectivity index (χ4v) is 2.41. The molecule has 2 aromatic rings. The molecule has 2 heterocycles. The van der Waals surface area contributed by atoms with E-state index in [1.54, 1.807) is 17.7 Å². The molecule has 0 saturated carbocycles. The Morgan fingerprint density at radius 2 is 1.95 bits per heavy atom. The minimum Gasteiger partial charge on any atom is -0.370 e. The van der Waals surface area contributed by atoms with Gasteiger partial charge >= 0.3 is 0 Å². The second-order valence-electron chi connectivity index (χ2n) is 4.15. The summed E-state index contributed by atoms with van der Waals surface area (Å²) in [6.45, 7) is 5.85. The Labute approximate surface area is 117 Å². The van der Waals surface area contributed by atoms with E-state index in [9.17, 15) is 0 Å². The lowest BCUT2D eigenvalue weighted by atomic mass is 10.1. The summed E-state index contributed by atoms with van der Waals surface area (Å²) in [6.07, 6.45) is 5.52. The molecule has 0 bridgehead atoms. The molecule has 0 aromatic carbocycles. The van der Waals surface area contributed by atoms with Gasteiger partial charge in [-0.25, -0.2) is 9.97 Å². The van der Waals surface area contributed by atoms with E-state index >= 15 is 0 Å². The highest BCUT2D eigenvalue weighted by molar-refractivity contribution is 7.09. The zero-order valence-corrected chi connectivity index (χ0v) is 12.1. The molecule has 2 aromatic heterocycles. The molecular weight excluding hydrogens is 258 g/mol. The van der Waals surface area contributed by atoms with Gasteiger partial charge in [-0.1, -0.05) is 13.3 Å². The Balaban J connectivity index is 2.15. The van der Waals surface area contributed by atoms with Gasteiger partial charge in [0, 0.05) is 23.2 Å². The Kier molecular flexibility index (Phi) is 5.09. The molecule has 0 fully saturated rings. The van der Waals surface area contributed by atoms with Crippen LogP contribution in [0.1, 0.15) is 30.7 Å². The molecule has 0 saturated heterocycles. The SMILES string of the molecule is CCCc1c(NCC)ncnc1NCc1cncs1. The molecule has 5 nitrogen and oxygen atoms in total. The van der Waals surface area contributed by atoms with Crippen LogP contribution in [0.2, 0.25) is 0 Å². The van der Waals surface area contributed by atoms with E-state index in [1.165, 1.54) is 4.88 Å². The standard InChI is InChI=1S/C13H19N5S/c1-3-5-11-12(15-4-2)17-8-18-13(11)16-7-10-6-14-9-19-10/h6,8-9H,3-5,7H2,1-2H3,(H2,15,16,17,18). The van der Waals surface area contributed by atoms with Crippen molar-refractivity contribution in [2.75, 3.05) is 17.2 Å². The van der Waals surface area contributed by atoms with Gasteiger partial charge in [0.1, 0.15) is 18.0 Å². The van der Waals surface area contributed by atoms with Crippen molar-refractivity contribution in [3.8, 4) is 0 Å². The van der Waals surface area contributed by atoms with E-state index in [0.29, 0.717) is 0 Å². The van der Waals surface area contributed by atoms with Gasteiger partial charge < -0.3 is 10.6 Å². The zero-order valence-electron chi connectivity index (χ0n) is 11.3. The van der Waals surface area contributed by atoms with Crippen LogP contribution in [0, 0.1) is 0 Å². The fourth-order valence-electron chi connectivity index (χ4n) is 1.87. The molecule has 0 radical (unpaired) electrons. The average molecular weight is 277 g/mol. The van der Waals surface area contributed by atoms with Gasteiger partial charge in [0.25, 0.3) is 0 Å². The molecule has 0 atom stereocenters. The Morgan fingerprint density at radius 1 is 1.16 bits per heavy atom. The average Bonchev–Trinajstić information content (AvgIpc) is 2.93. The summed E-state index contributed by atoms with van der Waals surface area (Å²) in [4.78, 5) is 14.0. The Bertz CT molecular complexity index is 498. The van der Waals surface area contributed by atoms with Crippen molar-refractivity contribution >= 4 is 23.0 Å². The third-order valence-electron chi connectivity index (χ3n) is 2.70. The van der Waals surface area contributed by atoms with Crippen LogP contribution in [0.4, 0.5) is 11.6 Å². The summed E-state index contributed by atoms with van der Waals surface area (Å²) < 4.78 is 0. The molecular formula is C13H19N5S. The van der Waals surface area contributed by atoms with Gasteiger partial charge in [-0.05, 0) is 13.3 Å². The van der Waals surface area contributed by atoms with E-state index in [4.69, 9.17) is 0 Å². The number of aromatic nitrogens is 3. The first kappa shape index (κ1) is 13.7. The van der Waals surface area contributed by atoms with Crippen molar-refractivity contribution in [2.45, 2.75) is 33.2 Å². The number of hydrogen-bond acceptors (Lipinski definition) is 6. The van der Waals surface area contributed by atoms with Crippen LogP contribution in [0.3, 0.4) is 0 Å². The maximum Gasteiger partial charge on any atom is 0.135 e. The fraction of sp³-hybridized carbons (Fsp3) is 0.462. The molecule has 0 spiro atoms. The molecule has 2 N–H and O–H groups in total. The van der Waals surface area contributed by atoms with E-state index in [2.05, 4.69) is 39.4 Å². The normalized spacial score (nSPS) is 10.4. The van der Waals surface area contributed by atoms with E-state index in [1.807, 2.05) is 11.7 Å². The monoisotopic (exact) mass is 277 g/mol. The van der Waals surface area contributed by atoms with Crippen molar-refractivity contribution < 1.29 is 0 Å². The largest absolute Gasteiger partial charge is 0.370 e. The van der Waals surface area contributed by atoms with Gasteiger partial charge in [0.05, 0.1) is 12.1 Å². The van der Waals surface area contributed by atoms with Crippen molar-refractivity contribution in [1.82, 2.24) is 15.0 Å². The quantitative estimate of drug-likeness (QED) is 0.814. The molecule has 6 heteroatoms. The number of nitrogens with one attached hydrogen (secondary N) is 2. The van der Waals surface area contributed by atoms with Crippen LogP contribution in [0.15, 0.2) is 18.0 Å². The highest BCUT2D eigenvalue weighted by atomic mass is 32.1. The van der Waals surface area contributed by atoms with E-state index in [0.717, 1.165) is 43.1 Å². The zero-order chi connectivity index (χ0) is 13.5. The molecule has 19 heavy (non-hydrogen) atoms. The van der Waals surface area contributed by atoms with Crippen molar-refractivity contribution in [1.29, 1.82) is 0 Å². The van der Waals surface area contributed by atoms with Gasteiger partial charge in [0.15, 0.2) is 0 Å². The third kappa shape index (κ3) is 3.64. The topological polar surface area (TPSA) is 62.7 Å². The molecule has 0 aliphatic rings. The van der Waals surface area contributed by atoms with E-state index in [-0.39, 0.29) is 0 Å². The van der Waals surface area contributed by atoms with Crippen molar-refractivity contribution in [3.05, 3.63) is 28.5 Å². The van der Waals surface area contributed by atoms with Gasteiger partial charge in [-0.2, -0.15) is 0 Å². The minimum atomic E-state index is 0.754. The van der Waals surface area contributed by atoms with Crippen LogP contribution >= 0.6 is 11.3 Å². The highest BCUT2D eigenvalue weighted by Gasteiger charge is 2.10. The number of thiazole rings is 1. The second kappa shape index (κ2) is 7.04. The molecule has 0 amide bonds. The number of anilines is 2. The summed E-state index contributed by atoms with van der Waals surface area (Å²) in [5.74, 6) is 1.85. The maximum absolute atomic E-state index is 4.36. The van der Waals surface area contributed by atoms with Crippen LogP contribution in [-0.4, -0.2) is 21.5 Å². The van der Waals surface area contributed by atoms with Crippen LogP contribution in [-0.2, 0) is 13.0 Å². The summed E-state index contributed by atoms with van der Waals surface area (Å²) in [6, 6.07) is 0. The Hall–Kier alpha value is -1.69. The first-order chi connectivity index (χ1) is 9.35. The first-order valence-corrected chi connectivity index (χ1v) is 7.42. The third-order valence-corrected chi connectivity index (χ3v) is 3.48. The summed E-state index contributed by atoms with van der Waals surface area (Å²) in [7, 11) is 0. The molecule has 2 rings (SSSR count). The van der Waals surface area contributed by atoms with Crippen molar-refractivity contribution in [2.24, 2.45) is 0 Å². The van der Waals surface area contributed by atoms with Gasteiger partial charge in [-0.15, -0.1) is 11.3 Å². The van der Waals surface area contributed by atoms with E-state index < -0.39 is 0 Å². The lowest BCUT2D eigenvalue weighted by Gasteiger charge is -2.13. The molecule has 0 aliphatic carbocycles. The highest BCUT2D eigenvalue weighted by Crippen LogP contribution is 2.22. The van der Waals surface area contributed by atoms with Crippen molar-refractivity contribution in [3.63, 3.8) is 0 Å². The summed E-state index contributed by atoms with van der Waals surface area (Å²) in [5.41, 5.74) is 3.00. The number of nitrogens with zero attached hydrogens (tertiary/aromatic N) is 3. The predicted molar refractivity (Wildman–Crippen MR) is 79.6 cm³/mol. The number of hydrogen-bond donors (Lipinski definition) is 2. The lowest BCUT2D eigenvalue weighted by molar-refractivity contribution is 0.896. The van der Waals surface area contributed by atoms with Gasteiger partial charge in [-0.3, -0.25) is 4.98 Å². The predicted octanol–water partition coefficient (Wildman–Crippen LogP) is 2.93. The maximum atomic E-state index is 4.36.